The number of ether oxygens (including phenoxy) is 1. The van der Waals surface area contributed by atoms with E-state index in [0.29, 0.717) is 11.3 Å². The predicted molar refractivity (Wildman–Crippen MR) is 97.8 cm³/mol. The minimum absolute atomic E-state index is 0.379. The van der Waals surface area contributed by atoms with Crippen LogP contribution in [0.25, 0.3) is 0 Å². The number of hydrogen-bond donors (Lipinski definition) is 0. The van der Waals surface area contributed by atoms with Crippen LogP contribution in [-0.2, 0) is 9.53 Å². The van der Waals surface area contributed by atoms with E-state index in [1.165, 1.54) is 38.5 Å². The van der Waals surface area contributed by atoms with Crippen molar-refractivity contribution < 1.29 is 9.53 Å². The Hall–Kier alpha value is -0.260. The number of carbonyl (C=O) groups is 1. The fraction of sp³-hybridized carbons (Fsp3) is 0.944. The van der Waals surface area contributed by atoms with E-state index in [4.69, 9.17) is 4.74 Å². The first kappa shape index (κ1) is 19.1. The third-order valence-electron chi connectivity index (χ3n) is 4.83. The quantitative estimate of drug-likeness (QED) is 0.570. The van der Waals surface area contributed by atoms with Crippen molar-refractivity contribution in [3.63, 3.8) is 0 Å². The van der Waals surface area contributed by atoms with Crippen molar-refractivity contribution in [2.24, 2.45) is 0 Å². The largest absolute Gasteiger partial charge is 0.379 e. The standard InChI is InChI=1S/C18H34N2O2S/c1-2-3-4-5-6-8-18-20(17(21)9-16-23-18)11-7-10-19-12-14-22-15-13-19/h18H,2-16H2,1H3. The van der Waals surface area contributed by atoms with Gasteiger partial charge in [0.2, 0.25) is 5.91 Å². The number of rotatable bonds is 10. The number of morpholine rings is 1. The van der Waals surface area contributed by atoms with E-state index in [9.17, 15) is 4.79 Å². The Morgan fingerprint density at radius 2 is 1.87 bits per heavy atom. The van der Waals surface area contributed by atoms with Crippen molar-refractivity contribution in [1.82, 2.24) is 9.80 Å². The van der Waals surface area contributed by atoms with Crippen LogP contribution in [0.2, 0.25) is 0 Å². The predicted octanol–water partition coefficient (Wildman–Crippen LogP) is 3.36. The van der Waals surface area contributed by atoms with Gasteiger partial charge in [-0.05, 0) is 12.8 Å². The molecule has 0 bridgehead atoms. The molecule has 0 radical (unpaired) electrons. The first-order chi connectivity index (χ1) is 11.3. The first-order valence-electron chi connectivity index (χ1n) is 9.52. The van der Waals surface area contributed by atoms with Crippen molar-refractivity contribution >= 4 is 17.7 Å². The lowest BCUT2D eigenvalue weighted by atomic mass is 10.1. The van der Waals surface area contributed by atoms with Gasteiger partial charge in [-0.2, -0.15) is 0 Å². The summed E-state index contributed by atoms with van der Waals surface area (Å²) in [6, 6.07) is 0. The van der Waals surface area contributed by atoms with Gasteiger partial charge in [0.15, 0.2) is 0 Å². The van der Waals surface area contributed by atoms with Crippen molar-refractivity contribution in [3.05, 3.63) is 0 Å². The molecule has 5 heteroatoms. The summed E-state index contributed by atoms with van der Waals surface area (Å²) >= 11 is 2.00. The second-order valence-corrected chi connectivity index (χ2v) is 7.96. The Morgan fingerprint density at radius 3 is 2.65 bits per heavy atom. The van der Waals surface area contributed by atoms with Crippen molar-refractivity contribution in [3.8, 4) is 0 Å². The van der Waals surface area contributed by atoms with Crippen LogP contribution >= 0.6 is 11.8 Å². The third kappa shape index (κ3) is 7.02. The molecule has 0 aromatic rings. The van der Waals surface area contributed by atoms with E-state index in [2.05, 4.69) is 16.7 Å². The summed E-state index contributed by atoms with van der Waals surface area (Å²) < 4.78 is 5.39. The number of nitrogens with zero attached hydrogens (tertiary/aromatic N) is 2. The molecule has 2 rings (SSSR count). The Labute approximate surface area is 146 Å². The van der Waals surface area contributed by atoms with E-state index in [1.807, 2.05) is 11.8 Å². The number of unbranched alkanes of at least 4 members (excludes halogenated alkanes) is 4. The van der Waals surface area contributed by atoms with Crippen LogP contribution < -0.4 is 0 Å². The van der Waals surface area contributed by atoms with Gasteiger partial charge in [0.1, 0.15) is 0 Å². The smallest absolute Gasteiger partial charge is 0.224 e. The summed E-state index contributed by atoms with van der Waals surface area (Å²) in [5.41, 5.74) is 0. The van der Waals surface area contributed by atoms with Gasteiger partial charge in [-0.1, -0.05) is 39.0 Å². The molecule has 0 aromatic carbocycles. The molecule has 23 heavy (non-hydrogen) atoms. The number of thioether (sulfide) groups is 1. The third-order valence-corrected chi connectivity index (χ3v) is 6.14. The van der Waals surface area contributed by atoms with Crippen LogP contribution in [0.1, 0.15) is 58.3 Å². The fourth-order valence-corrected chi connectivity index (χ4v) is 4.70. The molecular weight excluding hydrogens is 308 g/mol. The molecule has 2 aliphatic heterocycles. The average molecular weight is 343 g/mol. The Morgan fingerprint density at radius 1 is 1.09 bits per heavy atom. The van der Waals surface area contributed by atoms with Crippen LogP contribution in [0.3, 0.4) is 0 Å². The highest BCUT2D eigenvalue weighted by Gasteiger charge is 2.27. The average Bonchev–Trinajstić information content (AvgIpc) is 2.58. The molecule has 1 amide bonds. The summed E-state index contributed by atoms with van der Waals surface area (Å²) in [5, 5.41) is 0.433. The van der Waals surface area contributed by atoms with E-state index in [1.54, 1.807) is 0 Å². The summed E-state index contributed by atoms with van der Waals surface area (Å²) in [4.78, 5) is 16.9. The highest BCUT2D eigenvalue weighted by atomic mass is 32.2. The molecule has 2 aliphatic rings. The summed E-state index contributed by atoms with van der Waals surface area (Å²) in [6.07, 6.45) is 9.58. The van der Waals surface area contributed by atoms with E-state index in [0.717, 1.165) is 58.0 Å². The van der Waals surface area contributed by atoms with Crippen molar-refractivity contribution in [2.45, 2.75) is 63.7 Å². The molecule has 1 unspecified atom stereocenters. The lowest BCUT2D eigenvalue weighted by molar-refractivity contribution is -0.132. The van der Waals surface area contributed by atoms with Gasteiger partial charge in [-0.3, -0.25) is 9.69 Å². The first-order valence-corrected chi connectivity index (χ1v) is 10.6. The van der Waals surface area contributed by atoms with Gasteiger partial charge in [0, 0.05) is 38.4 Å². The fourth-order valence-electron chi connectivity index (χ4n) is 3.40. The maximum atomic E-state index is 12.3. The molecule has 2 fully saturated rings. The number of hydrogen-bond acceptors (Lipinski definition) is 4. The lowest BCUT2D eigenvalue weighted by Crippen LogP contribution is -2.44. The second kappa shape index (κ2) is 11.3. The molecule has 1 atom stereocenters. The normalized spacial score (nSPS) is 23.4. The Balaban J connectivity index is 1.67. The van der Waals surface area contributed by atoms with Gasteiger partial charge in [0.25, 0.3) is 0 Å². The van der Waals surface area contributed by atoms with Crippen LogP contribution in [0.5, 0.6) is 0 Å². The molecule has 134 valence electrons. The van der Waals surface area contributed by atoms with E-state index < -0.39 is 0 Å². The zero-order chi connectivity index (χ0) is 16.3. The molecule has 0 saturated carbocycles. The Bertz CT molecular complexity index is 335. The van der Waals surface area contributed by atoms with Crippen LogP contribution in [0.15, 0.2) is 0 Å². The van der Waals surface area contributed by atoms with Crippen molar-refractivity contribution in [2.75, 3.05) is 45.1 Å². The topological polar surface area (TPSA) is 32.8 Å². The molecular formula is C18H34N2O2S. The second-order valence-electron chi connectivity index (χ2n) is 6.67. The summed E-state index contributed by atoms with van der Waals surface area (Å²) in [5.74, 6) is 1.39. The Kier molecular flexibility index (Phi) is 9.39. The maximum Gasteiger partial charge on any atom is 0.224 e. The SMILES string of the molecule is CCCCCCCC1SCCC(=O)N1CCCN1CCOCC1. The van der Waals surface area contributed by atoms with Crippen LogP contribution in [0, 0.1) is 0 Å². The lowest BCUT2D eigenvalue weighted by Gasteiger charge is -2.36. The van der Waals surface area contributed by atoms with E-state index >= 15 is 0 Å². The highest BCUT2D eigenvalue weighted by molar-refractivity contribution is 7.99. The van der Waals surface area contributed by atoms with Gasteiger partial charge in [-0.15, -0.1) is 11.8 Å². The molecule has 0 aliphatic carbocycles. The minimum atomic E-state index is 0.379. The van der Waals surface area contributed by atoms with Gasteiger partial charge < -0.3 is 9.64 Å². The zero-order valence-electron chi connectivity index (χ0n) is 14.8. The maximum absolute atomic E-state index is 12.3. The van der Waals surface area contributed by atoms with Gasteiger partial charge in [0.05, 0.1) is 18.6 Å². The highest BCUT2D eigenvalue weighted by Crippen LogP contribution is 2.28. The molecule has 0 N–H and O–H groups in total. The molecule has 2 heterocycles. The summed E-state index contributed by atoms with van der Waals surface area (Å²) in [6.45, 7) is 8.10. The number of carbonyl (C=O) groups excluding carboxylic acids is 1. The molecule has 0 spiro atoms. The van der Waals surface area contributed by atoms with Crippen molar-refractivity contribution in [1.29, 1.82) is 0 Å². The zero-order valence-corrected chi connectivity index (χ0v) is 15.6. The number of amides is 1. The van der Waals surface area contributed by atoms with Gasteiger partial charge >= 0.3 is 0 Å². The minimum Gasteiger partial charge on any atom is -0.379 e. The summed E-state index contributed by atoms with van der Waals surface area (Å²) in [7, 11) is 0. The van der Waals surface area contributed by atoms with Crippen LogP contribution in [-0.4, -0.2) is 66.2 Å². The van der Waals surface area contributed by atoms with Crippen LogP contribution in [0.4, 0.5) is 0 Å². The molecule has 4 nitrogen and oxygen atoms in total. The van der Waals surface area contributed by atoms with E-state index in [-0.39, 0.29) is 0 Å². The molecule has 0 aromatic heterocycles. The molecule has 2 saturated heterocycles. The monoisotopic (exact) mass is 342 g/mol. The van der Waals surface area contributed by atoms with Gasteiger partial charge in [-0.25, -0.2) is 0 Å².